The summed E-state index contributed by atoms with van der Waals surface area (Å²) in [7, 11) is 0. The van der Waals surface area contributed by atoms with Crippen molar-refractivity contribution in [3.63, 3.8) is 0 Å². The minimum Gasteiger partial charge on any atom is -0.478 e. The average Bonchev–Trinajstić information content (AvgIpc) is 3.67. The summed E-state index contributed by atoms with van der Waals surface area (Å²) in [5, 5.41) is 12.9. The lowest BCUT2D eigenvalue weighted by Gasteiger charge is -2.47. The zero-order valence-corrected chi connectivity index (χ0v) is 24.5. The number of nitrogens with zero attached hydrogens (tertiary/aromatic N) is 2. The summed E-state index contributed by atoms with van der Waals surface area (Å²) in [5.41, 5.74) is -0.584. The smallest absolute Gasteiger partial charge is 0.335 e. The first-order valence-corrected chi connectivity index (χ1v) is 15.1. The molecule has 0 aromatic heterocycles. The second-order valence-electron chi connectivity index (χ2n) is 12.4. The molecule has 0 bridgehead atoms. The van der Waals surface area contributed by atoms with Gasteiger partial charge in [0.2, 0.25) is 11.8 Å². The first-order chi connectivity index (χ1) is 20.1. The third-order valence-corrected chi connectivity index (χ3v) is 10.6. The largest absolute Gasteiger partial charge is 0.478 e. The number of allylic oxidation sites excluding steroid dienone is 4. The van der Waals surface area contributed by atoms with Crippen molar-refractivity contribution in [2.75, 3.05) is 23.3 Å². The molecule has 7 nitrogen and oxygen atoms in total. The lowest BCUT2D eigenvalue weighted by atomic mass is 9.58. The molecular weight excluding hydrogens is 580 g/mol. The predicted molar refractivity (Wildman–Crippen MR) is 158 cm³/mol. The lowest BCUT2D eigenvalue weighted by molar-refractivity contribution is -0.133. The number of hydrogen-bond acceptors (Lipinski definition) is 4. The highest BCUT2D eigenvalue weighted by molar-refractivity contribution is 6.31. The molecule has 218 valence electrons. The summed E-state index contributed by atoms with van der Waals surface area (Å²) in [6.07, 6.45) is 6.30. The lowest BCUT2D eigenvalue weighted by Crippen LogP contribution is -2.56. The van der Waals surface area contributed by atoms with E-state index in [1.54, 1.807) is 42.2 Å². The molecule has 1 spiro atoms. The second-order valence-corrected chi connectivity index (χ2v) is 13.2. The van der Waals surface area contributed by atoms with E-state index in [1.165, 1.54) is 12.1 Å². The van der Waals surface area contributed by atoms with Gasteiger partial charge in [-0.05, 0) is 74.1 Å². The zero-order valence-electron chi connectivity index (χ0n) is 22.9. The van der Waals surface area contributed by atoms with Gasteiger partial charge in [0.1, 0.15) is 11.4 Å². The molecule has 3 aliphatic heterocycles. The van der Waals surface area contributed by atoms with Crippen LogP contribution >= 0.6 is 23.2 Å². The van der Waals surface area contributed by atoms with Crippen molar-refractivity contribution in [3.8, 4) is 0 Å². The Morgan fingerprint density at radius 2 is 1.86 bits per heavy atom. The molecule has 3 heterocycles. The van der Waals surface area contributed by atoms with Crippen LogP contribution in [0, 0.1) is 23.2 Å². The van der Waals surface area contributed by atoms with Crippen LogP contribution in [0.25, 0.3) is 0 Å². The fraction of sp³-hybridized carbons (Fsp3) is 0.406. The highest BCUT2D eigenvalue weighted by Gasteiger charge is 2.73. The Morgan fingerprint density at radius 3 is 2.55 bits per heavy atom. The molecule has 7 rings (SSSR count). The summed E-state index contributed by atoms with van der Waals surface area (Å²) < 4.78 is 16.5. The average molecular weight is 611 g/mol. The normalized spacial score (nSPS) is 32.4. The molecule has 2 aliphatic carbocycles. The summed E-state index contributed by atoms with van der Waals surface area (Å²) in [6, 6.07) is 11.2. The number of rotatable bonds is 5. The topological polar surface area (TPSA) is 90.0 Å². The van der Waals surface area contributed by atoms with Crippen molar-refractivity contribution >= 4 is 52.4 Å². The van der Waals surface area contributed by atoms with E-state index in [2.05, 4.69) is 10.2 Å². The standard InChI is InChI=1S/C32H30Cl2FN3O4/c1-31(13-2-3-22(34)27(31)35)26-25-24(12-14-37(28(25)39)20-9-6-18(7-10-20)29(40)41)38(16-17-4-5-17)32(26)21-11-8-19(33)15-23(21)36-30(32)42/h2-3,6-11,15,17,24-26H,4-5,12-14,16H2,1H3,(H,36,42)(H,40,41)/t24-,25+,26+,31?,32+/m0/s1. The van der Waals surface area contributed by atoms with Gasteiger partial charge in [0.05, 0.1) is 16.5 Å². The van der Waals surface area contributed by atoms with Gasteiger partial charge in [-0.3, -0.25) is 14.5 Å². The summed E-state index contributed by atoms with van der Waals surface area (Å²) >= 11 is 12.8. The number of nitrogens with one attached hydrogen (secondary N) is 1. The Bertz CT molecular complexity index is 1590. The number of aromatic carboxylic acids is 1. The van der Waals surface area contributed by atoms with E-state index in [0.717, 1.165) is 12.8 Å². The highest BCUT2D eigenvalue weighted by Crippen LogP contribution is 2.66. The molecule has 5 atom stereocenters. The van der Waals surface area contributed by atoms with Gasteiger partial charge in [-0.1, -0.05) is 42.3 Å². The van der Waals surface area contributed by atoms with Gasteiger partial charge in [0, 0.05) is 52.4 Å². The van der Waals surface area contributed by atoms with Gasteiger partial charge in [-0.2, -0.15) is 0 Å². The van der Waals surface area contributed by atoms with E-state index in [1.807, 2.05) is 12.1 Å². The zero-order chi connectivity index (χ0) is 29.6. The van der Waals surface area contributed by atoms with Crippen molar-refractivity contribution in [1.29, 1.82) is 0 Å². The molecule has 1 saturated carbocycles. The molecule has 0 radical (unpaired) electrons. The number of carbonyl (C=O) groups is 3. The van der Waals surface area contributed by atoms with Crippen LogP contribution in [0.4, 0.5) is 15.8 Å². The maximum Gasteiger partial charge on any atom is 0.335 e. The van der Waals surface area contributed by atoms with Crippen LogP contribution in [0.1, 0.15) is 48.5 Å². The van der Waals surface area contributed by atoms with Crippen molar-refractivity contribution < 1.29 is 23.9 Å². The molecule has 3 fully saturated rings. The number of halogens is 3. The number of likely N-dealkylation sites (tertiary alicyclic amines) is 1. The molecular formula is C32H30Cl2FN3O4. The Kier molecular flexibility index (Phi) is 6.35. The van der Waals surface area contributed by atoms with Crippen molar-refractivity contribution in [3.05, 3.63) is 81.6 Å². The SMILES string of the molecule is CC1([C@H]2[C@@H]3C(=O)N(c4ccc(C(=O)O)cc4)CC[C@@H]3N(CC3CC3)[C@@]23C(=O)Nc2cc(Cl)ccc23)CC=CC(Cl)=C1F. The fourth-order valence-electron chi connectivity index (χ4n) is 8.06. The molecule has 2 aromatic carbocycles. The number of carboxylic acid groups (broad SMARTS) is 1. The van der Waals surface area contributed by atoms with Crippen LogP contribution in [0.15, 0.2) is 65.5 Å². The summed E-state index contributed by atoms with van der Waals surface area (Å²) in [5.74, 6) is -3.17. The van der Waals surface area contributed by atoms with E-state index in [9.17, 15) is 19.5 Å². The quantitative estimate of drug-likeness (QED) is 0.413. The maximum absolute atomic E-state index is 16.5. The summed E-state index contributed by atoms with van der Waals surface area (Å²) in [4.78, 5) is 44.5. The number of anilines is 2. The van der Waals surface area contributed by atoms with E-state index in [-0.39, 0.29) is 34.9 Å². The Hall–Kier alpha value is -3.20. The van der Waals surface area contributed by atoms with E-state index < -0.39 is 34.6 Å². The van der Waals surface area contributed by atoms with Crippen LogP contribution in [0.2, 0.25) is 5.02 Å². The maximum atomic E-state index is 16.5. The Labute approximate surface area is 252 Å². The molecule has 2 amide bonds. The van der Waals surface area contributed by atoms with Gasteiger partial charge in [-0.25, -0.2) is 9.18 Å². The molecule has 2 aromatic rings. The molecule has 2 N–H and O–H groups in total. The third-order valence-electron chi connectivity index (χ3n) is 10.0. The molecule has 1 unspecified atom stereocenters. The Morgan fingerprint density at radius 1 is 1.12 bits per heavy atom. The number of benzene rings is 2. The van der Waals surface area contributed by atoms with E-state index in [0.29, 0.717) is 47.4 Å². The van der Waals surface area contributed by atoms with Crippen molar-refractivity contribution in [1.82, 2.24) is 4.90 Å². The number of carboxylic acids is 1. The monoisotopic (exact) mass is 609 g/mol. The second kappa shape index (κ2) is 9.66. The minimum atomic E-state index is -1.31. The molecule has 2 saturated heterocycles. The van der Waals surface area contributed by atoms with E-state index >= 15 is 4.39 Å². The van der Waals surface area contributed by atoms with Crippen LogP contribution < -0.4 is 10.2 Å². The highest BCUT2D eigenvalue weighted by atomic mass is 35.5. The van der Waals surface area contributed by atoms with Gasteiger partial charge >= 0.3 is 5.97 Å². The van der Waals surface area contributed by atoms with Crippen LogP contribution in [-0.4, -0.2) is 46.9 Å². The van der Waals surface area contributed by atoms with Crippen LogP contribution in [0.5, 0.6) is 0 Å². The fourth-order valence-corrected chi connectivity index (χ4v) is 8.54. The first kappa shape index (κ1) is 27.6. The number of carbonyl (C=O) groups excluding carboxylic acids is 2. The van der Waals surface area contributed by atoms with Gasteiger partial charge in [-0.15, -0.1) is 0 Å². The number of piperidine rings is 1. The van der Waals surface area contributed by atoms with Gasteiger partial charge in [0.25, 0.3) is 0 Å². The number of hydrogen-bond donors (Lipinski definition) is 2. The van der Waals surface area contributed by atoms with Gasteiger partial charge in [0.15, 0.2) is 0 Å². The van der Waals surface area contributed by atoms with E-state index in [4.69, 9.17) is 23.2 Å². The van der Waals surface area contributed by atoms with Gasteiger partial charge < -0.3 is 15.3 Å². The molecule has 10 heteroatoms. The molecule has 5 aliphatic rings. The van der Waals surface area contributed by atoms with Crippen molar-refractivity contribution in [2.24, 2.45) is 23.2 Å². The number of fused-ring (bicyclic) bond motifs is 3. The predicted octanol–water partition coefficient (Wildman–Crippen LogP) is 6.34. The Balaban J connectivity index is 1.43. The van der Waals surface area contributed by atoms with Crippen molar-refractivity contribution in [2.45, 2.75) is 44.2 Å². The third kappa shape index (κ3) is 3.84. The minimum absolute atomic E-state index is 0.0183. The van der Waals surface area contributed by atoms with Crippen LogP contribution in [-0.2, 0) is 15.1 Å². The first-order valence-electron chi connectivity index (χ1n) is 14.3. The summed E-state index contributed by atoms with van der Waals surface area (Å²) in [6.45, 7) is 2.80. The number of amides is 2. The van der Waals surface area contributed by atoms with Crippen LogP contribution in [0.3, 0.4) is 0 Å². The molecule has 42 heavy (non-hydrogen) atoms.